The molecule has 0 aromatic heterocycles. The van der Waals surface area contributed by atoms with E-state index in [1.165, 1.54) is 5.56 Å². The number of nitrogens with zero attached hydrogens (tertiary/aromatic N) is 3. The van der Waals surface area contributed by atoms with Gasteiger partial charge in [0.15, 0.2) is 0 Å². The zero-order valence-electron chi connectivity index (χ0n) is 10.4. The summed E-state index contributed by atoms with van der Waals surface area (Å²) >= 11 is 0. The fourth-order valence-corrected chi connectivity index (χ4v) is 2.68. The van der Waals surface area contributed by atoms with Crippen LogP contribution in [0.1, 0.15) is 18.5 Å². The SMILES string of the molecule is CCN1CCN(N=S(=O)=O)CC1c1ccccc1. The fourth-order valence-electron chi connectivity index (χ4n) is 2.34. The summed E-state index contributed by atoms with van der Waals surface area (Å²) in [6.07, 6.45) is 0. The van der Waals surface area contributed by atoms with E-state index < -0.39 is 10.5 Å². The molecule has 1 atom stereocenters. The van der Waals surface area contributed by atoms with Crippen molar-refractivity contribution in [1.82, 2.24) is 9.91 Å². The molecule has 1 aromatic rings. The lowest BCUT2D eigenvalue weighted by molar-refractivity contribution is 0.0821. The van der Waals surface area contributed by atoms with E-state index in [-0.39, 0.29) is 6.04 Å². The van der Waals surface area contributed by atoms with Crippen LogP contribution in [-0.4, -0.2) is 44.5 Å². The number of benzene rings is 1. The van der Waals surface area contributed by atoms with Crippen LogP contribution in [0.25, 0.3) is 0 Å². The van der Waals surface area contributed by atoms with Gasteiger partial charge in [-0.25, -0.2) is 0 Å². The highest BCUT2D eigenvalue weighted by Crippen LogP contribution is 2.24. The Labute approximate surface area is 109 Å². The summed E-state index contributed by atoms with van der Waals surface area (Å²) in [5, 5.41) is 1.63. The summed E-state index contributed by atoms with van der Waals surface area (Å²) in [4.78, 5) is 2.34. The van der Waals surface area contributed by atoms with Gasteiger partial charge in [0.05, 0.1) is 0 Å². The Kier molecular flexibility index (Phi) is 4.46. The van der Waals surface area contributed by atoms with E-state index in [4.69, 9.17) is 0 Å². The number of hydrogen-bond acceptors (Lipinski definition) is 4. The maximum atomic E-state index is 10.6. The molecule has 1 unspecified atom stereocenters. The van der Waals surface area contributed by atoms with E-state index in [0.717, 1.165) is 13.1 Å². The van der Waals surface area contributed by atoms with Crippen molar-refractivity contribution in [3.63, 3.8) is 0 Å². The normalized spacial score (nSPS) is 21.7. The molecule has 1 aliphatic rings. The Hall–Kier alpha value is -1.24. The quantitative estimate of drug-likeness (QED) is 0.829. The van der Waals surface area contributed by atoms with Gasteiger partial charge in [-0.1, -0.05) is 41.7 Å². The van der Waals surface area contributed by atoms with Crippen LogP contribution in [0, 0.1) is 0 Å². The molecule has 5 nitrogen and oxygen atoms in total. The summed E-state index contributed by atoms with van der Waals surface area (Å²) in [5.41, 5.74) is 1.20. The van der Waals surface area contributed by atoms with Gasteiger partial charge in [0.2, 0.25) is 0 Å². The van der Waals surface area contributed by atoms with Crippen LogP contribution in [0.4, 0.5) is 0 Å². The highest BCUT2D eigenvalue weighted by molar-refractivity contribution is 7.61. The van der Waals surface area contributed by atoms with Gasteiger partial charge < -0.3 is 0 Å². The molecule has 1 fully saturated rings. The molecule has 18 heavy (non-hydrogen) atoms. The third kappa shape index (κ3) is 3.16. The summed E-state index contributed by atoms with van der Waals surface area (Å²) in [6.45, 7) is 5.18. The minimum Gasteiger partial charge on any atom is -0.294 e. The molecule has 1 heterocycles. The summed E-state index contributed by atoms with van der Waals surface area (Å²) < 4.78 is 24.9. The first-order chi connectivity index (χ1) is 8.70. The second-order valence-electron chi connectivity index (χ2n) is 4.27. The maximum absolute atomic E-state index is 10.6. The number of rotatable bonds is 3. The van der Waals surface area contributed by atoms with Crippen LogP contribution < -0.4 is 0 Å². The first kappa shape index (κ1) is 13.2. The van der Waals surface area contributed by atoms with Crippen molar-refractivity contribution in [3.8, 4) is 0 Å². The van der Waals surface area contributed by atoms with E-state index in [2.05, 4.69) is 28.4 Å². The molecule has 98 valence electrons. The summed E-state index contributed by atoms with van der Waals surface area (Å²) in [7, 11) is -2.37. The smallest absolute Gasteiger partial charge is 0.294 e. The average Bonchev–Trinajstić information content (AvgIpc) is 2.39. The lowest BCUT2D eigenvalue weighted by Gasteiger charge is -2.38. The molecular weight excluding hydrogens is 250 g/mol. The van der Waals surface area contributed by atoms with Crippen LogP contribution in [0.15, 0.2) is 34.8 Å². The first-order valence-electron chi connectivity index (χ1n) is 6.05. The van der Waals surface area contributed by atoms with Crippen molar-refractivity contribution < 1.29 is 8.42 Å². The maximum Gasteiger partial charge on any atom is 0.328 e. The molecule has 1 saturated heterocycles. The molecule has 0 N–H and O–H groups in total. The molecule has 2 rings (SSSR count). The van der Waals surface area contributed by atoms with Gasteiger partial charge in [0.1, 0.15) is 0 Å². The molecule has 0 saturated carbocycles. The molecule has 0 bridgehead atoms. The number of hydrogen-bond donors (Lipinski definition) is 0. The molecule has 0 aliphatic carbocycles. The van der Waals surface area contributed by atoms with Crippen LogP contribution in [-0.2, 0) is 10.5 Å². The molecule has 1 aromatic carbocycles. The van der Waals surface area contributed by atoms with Crippen molar-refractivity contribution in [2.75, 3.05) is 26.2 Å². The van der Waals surface area contributed by atoms with Crippen molar-refractivity contribution in [1.29, 1.82) is 0 Å². The molecule has 0 radical (unpaired) electrons. The van der Waals surface area contributed by atoms with E-state index in [1.807, 2.05) is 18.2 Å². The number of piperazine rings is 1. The second-order valence-corrected chi connectivity index (χ2v) is 4.86. The number of likely N-dealkylation sites (N-methyl/N-ethyl adjacent to an activating group) is 1. The topological polar surface area (TPSA) is 53.0 Å². The lowest BCUT2D eigenvalue weighted by Crippen LogP contribution is -2.46. The predicted octanol–water partition coefficient (Wildman–Crippen LogP) is 1.34. The minimum atomic E-state index is -2.37. The standard InChI is InChI=1S/C12H17N3O2S/c1-2-14-8-9-15(13-18(16)17)10-12(14)11-6-4-3-5-7-11/h3-7,12H,2,8-10H2,1H3. The van der Waals surface area contributed by atoms with Crippen LogP contribution in [0.5, 0.6) is 0 Å². The van der Waals surface area contributed by atoms with Crippen LogP contribution >= 0.6 is 0 Å². The van der Waals surface area contributed by atoms with E-state index in [0.29, 0.717) is 13.1 Å². The summed E-state index contributed by atoms with van der Waals surface area (Å²) in [5.74, 6) is 0. The van der Waals surface area contributed by atoms with E-state index >= 15 is 0 Å². The molecular formula is C12H17N3O2S. The van der Waals surface area contributed by atoms with Gasteiger partial charge >= 0.3 is 10.5 Å². The predicted molar refractivity (Wildman–Crippen MR) is 69.4 cm³/mol. The third-order valence-electron chi connectivity index (χ3n) is 3.24. The molecule has 0 spiro atoms. The molecule has 6 heteroatoms. The highest BCUT2D eigenvalue weighted by Gasteiger charge is 2.27. The van der Waals surface area contributed by atoms with Gasteiger partial charge in [0.25, 0.3) is 0 Å². The van der Waals surface area contributed by atoms with Crippen molar-refractivity contribution >= 4 is 10.5 Å². The third-order valence-corrected chi connectivity index (χ3v) is 3.61. The lowest BCUT2D eigenvalue weighted by atomic mass is 10.0. The Morgan fingerprint density at radius 2 is 2.00 bits per heavy atom. The van der Waals surface area contributed by atoms with Gasteiger partial charge in [-0.05, 0) is 12.1 Å². The zero-order chi connectivity index (χ0) is 13.0. The minimum absolute atomic E-state index is 0.206. The zero-order valence-corrected chi connectivity index (χ0v) is 11.2. The fraction of sp³-hybridized carbons (Fsp3) is 0.500. The van der Waals surface area contributed by atoms with Gasteiger partial charge in [-0.15, -0.1) is 0 Å². The van der Waals surface area contributed by atoms with E-state index in [9.17, 15) is 8.42 Å². The van der Waals surface area contributed by atoms with E-state index in [1.54, 1.807) is 5.01 Å². The Morgan fingerprint density at radius 3 is 2.61 bits per heavy atom. The molecule has 1 aliphatic heterocycles. The highest BCUT2D eigenvalue weighted by atomic mass is 32.2. The largest absolute Gasteiger partial charge is 0.328 e. The second kappa shape index (κ2) is 6.08. The van der Waals surface area contributed by atoms with Gasteiger partial charge in [-0.3, -0.25) is 4.90 Å². The summed E-state index contributed by atoms with van der Waals surface area (Å²) in [6, 6.07) is 10.3. The van der Waals surface area contributed by atoms with Crippen molar-refractivity contribution in [2.24, 2.45) is 4.47 Å². The first-order valence-corrected chi connectivity index (χ1v) is 7.09. The van der Waals surface area contributed by atoms with Gasteiger partial charge in [-0.2, -0.15) is 13.4 Å². The Bertz CT molecular complexity index is 507. The Morgan fingerprint density at radius 1 is 1.28 bits per heavy atom. The Balaban J connectivity index is 2.21. The monoisotopic (exact) mass is 267 g/mol. The average molecular weight is 267 g/mol. The van der Waals surface area contributed by atoms with Crippen molar-refractivity contribution in [3.05, 3.63) is 35.9 Å². The van der Waals surface area contributed by atoms with Gasteiger partial charge in [0, 0.05) is 25.7 Å². The van der Waals surface area contributed by atoms with Crippen molar-refractivity contribution in [2.45, 2.75) is 13.0 Å². The van der Waals surface area contributed by atoms with Crippen LogP contribution in [0.2, 0.25) is 0 Å². The van der Waals surface area contributed by atoms with Crippen LogP contribution in [0.3, 0.4) is 0 Å². The molecule has 0 amide bonds.